The van der Waals surface area contributed by atoms with E-state index >= 15 is 0 Å². The molecule has 2 unspecified atom stereocenters. The van der Waals surface area contributed by atoms with Crippen LogP contribution in [-0.2, 0) is 9.84 Å². The Balaban J connectivity index is 2.86. The lowest BCUT2D eigenvalue weighted by Crippen LogP contribution is -2.32. The number of benzene rings is 1. The molecule has 0 aliphatic rings. The molecule has 3 nitrogen and oxygen atoms in total. The van der Waals surface area contributed by atoms with Gasteiger partial charge >= 0.3 is 0 Å². The number of aryl methyl sites for hydroxylation is 1. The van der Waals surface area contributed by atoms with Gasteiger partial charge in [0.05, 0.1) is 10.1 Å². The Labute approximate surface area is 111 Å². The normalized spacial score (nSPS) is 15.3. The summed E-state index contributed by atoms with van der Waals surface area (Å²) in [7, 11) is -3.21. The molecule has 102 valence electrons. The Morgan fingerprint density at radius 3 is 2.50 bits per heavy atom. The summed E-state index contributed by atoms with van der Waals surface area (Å²) in [5.41, 5.74) is 0.975. The monoisotopic (exact) mass is 269 g/mol. The van der Waals surface area contributed by atoms with E-state index in [1.807, 2.05) is 26.8 Å². The molecule has 0 spiro atoms. The van der Waals surface area contributed by atoms with Crippen LogP contribution in [0.5, 0.6) is 0 Å². The summed E-state index contributed by atoms with van der Waals surface area (Å²) < 4.78 is 24.8. The van der Waals surface area contributed by atoms with Crippen molar-refractivity contribution in [2.75, 3.05) is 6.54 Å². The summed E-state index contributed by atoms with van der Waals surface area (Å²) in [5, 5.41) is 2.88. The van der Waals surface area contributed by atoms with Gasteiger partial charge in [-0.15, -0.1) is 0 Å². The van der Waals surface area contributed by atoms with Gasteiger partial charge < -0.3 is 5.32 Å². The molecule has 2 atom stereocenters. The van der Waals surface area contributed by atoms with Gasteiger partial charge in [0.2, 0.25) is 0 Å². The van der Waals surface area contributed by atoms with Crippen LogP contribution >= 0.6 is 0 Å². The molecule has 0 saturated heterocycles. The fourth-order valence-corrected chi connectivity index (χ4v) is 3.71. The highest BCUT2D eigenvalue weighted by Gasteiger charge is 2.24. The van der Waals surface area contributed by atoms with E-state index in [1.54, 1.807) is 25.1 Å². The maximum atomic E-state index is 12.4. The third kappa shape index (κ3) is 3.82. The Bertz CT molecular complexity index is 482. The lowest BCUT2D eigenvalue weighted by atomic mass is 10.2. The predicted molar refractivity (Wildman–Crippen MR) is 75.6 cm³/mol. The molecule has 0 saturated carbocycles. The first kappa shape index (κ1) is 15.2. The summed E-state index contributed by atoms with van der Waals surface area (Å²) in [6.45, 7) is 8.59. The molecule has 1 N–H and O–H groups in total. The average molecular weight is 269 g/mol. The third-order valence-corrected chi connectivity index (χ3v) is 5.25. The van der Waals surface area contributed by atoms with Crippen LogP contribution in [0.1, 0.15) is 32.8 Å². The van der Waals surface area contributed by atoms with Gasteiger partial charge in [-0.25, -0.2) is 8.42 Å². The molecule has 1 aromatic carbocycles. The standard InChI is InChI=1S/C14H23NO2S/c1-5-15-12(3)10-13(4)18(16,17)14-8-6-7-11(2)9-14/h6-9,12-13,15H,5,10H2,1-4H3. The third-order valence-electron chi connectivity index (χ3n) is 3.09. The van der Waals surface area contributed by atoms with E-state index in [0.29, 0.717) is 11.3 Å². The summed E-state index contributed by atoms with van der Waals surface area (Å²) in [5.74, 6) is 0. The van der Waals surface area contributed by atoms with Crippen molar-refractivity contribution in [3.63, 3.8) is 0 Å². The second kappa shape index (κ2) is 6.34. The molecule has 0 amide bonds. The van der Waals surface area contributed by atoms with Gasteiger partial charge in [-0.1, -0.05) is 19.1 Å². The van der Waals surface area contributed by atoms with Crippen LogP contribution < -0.4 is 5.32 Å². The Hall–Kier alpha value is -0.870. The van der Waals surface area contributed by atoms with E-state index in [0.717, 1.165) is 12.1 Å². The van der Waals surface area contributed by atoms with Crippen LogP contribution in [0.25, 0.3) is 0 Å². The molecular weight excluding hydrogens is 246 g/mol. The van der Waals surface area contributed by atoms with Crippen LogP contribution in [0.2, 0.25) is 0 Å². The number of sulfone groups is 1. The summed E-state index contributed by atoms with van der Waals surface area (Å²) in [4.78, 5) is 0.429. The van der Waals surface area contributed by atoms with Gasteiger partial charge in [0.1, 0.15) is 0 Å². The number of rotatable bonds is 6. The summed E-state index contributed by atoms with van der Waals surface area (Å²) >= 11 is 0. The quantitative estimate of drug-likeness (QED) is 0.863. The van der Waals surface area contributed by atoms with Crippen molar-refractivity contribution in [3.8, 4) is 0 Å². The molecule has 0 bridgehead atoms. The highest BCUT2D eigenvalue weighted by atomic mass is 32.2. The van der Waals surface area contributed by atoms with Crippen molar-refractivity contribution < 1.29 is 8.42 Å². The van der Waals surface area contributed by atoms with Crippen molar-refractivity contribution in [2.24, 2.45) is 0 Å². The maximum Gasteiger partial charge on any atom is 0.181 e. The first-order valence-electron chi connectivity index (χ1n) is 6.42. The first-order chi connectivity index (χ1) is 8.37. The number of hydrogen-bond donors (Lipinski definition) is 1. The minimum Gasteiger partial charge on any atom is -0.314 e. The summed E-state index contributed by atoms with van der Waals surface area (Å²) in [6, 6.07) is 7.33. The van der Waals surface area contributed by atoms with Crippen molar-refractivity contribution >= 4 is 9.84 Å². The molecule has 0 aliphatic carbocycles. The molecule has 4 heteroatoms. The van der Waals surface area contributed by atoms with Crippen LogP contribution in [0.3, 0.4) is 0 Å². The van der Waals surface area contributed by atoms with Gasteiger partial charge in [-0.2, -0.15) is 0 Å². The second-order valence-electron chi connectivity index (χ2n) is 4.87. The highest BCUT2D eigenvalue weighted by Crippen LogP contribution is 2.20. The SMILES string of the molecule is CCNC(C)CC(C)S(=O)(=O)c1cccc(C)c1. The zero-order valence-electron chi connectivity index (χ0n) is 11.6. The molecular formula is C14H23NO2S. The molecule has 0 aliphatic heterocycles. The Morgan fingerprint density at radius 1 is 1.28 bits per heavy atom. The fourth-order valence-electron chi connectivity index (χ4n) is 2.08. The number of nitrogens with one attached hydrogen (secondary N) is 1. The molecule has 0 heterocycles. The minimum atomic E-state index is -3.21. The highest BCUT2D eigenvalue weighted by molar-refractivity contribution is 7.92. The van der Waals surface area contributed by atoms with Crippen molar-refractivity contribution in [1.82, 2.24) is 5.32 Å². The zero-order chi connectivity index (χ0) is 13.8. The van der Waals surface area contributed by atoms with Crippen LogP contribution in [0, 0.1) is 6.92 Å². The molecule has 0 fully saturated rings. The molecule has 1 rings (SSSR count). The van der Waals surface area contributed by atoms with Gasteiger partial charge in [0, 0.05) is 6.04 Å². The van der Waals surface area contributed by atoms with E-state index in [4.69, 9.17) is 0 Å². The first-order valence-corrected chi connectivity index (χ1v) is 7.96. The van der Waals surface area contributed by atoms with Crippen LogP contribution in [0.4, 0.5) is 0 Å². The fraction of sp³-hybridized carbons (Fsp3) is 0.571. The van der Waals surface area contributed by atoms with E-state index in [-0.39, 0.29) is 11.3 Å². The topological polar surface area (TPSA) is 46.2 Å². The lowest BCUT2D eigenvalue weighted by Gasteiger charge is -2.18. The molecule has 0 aromatic heterocycles. The van der Waals surface area contributed by atoms with Crippen molar-refractivity contribution in [1.29, 1.82) is 0 Å². The smallest absolute Gasteiger partial charge is 0.181 e. The maximum absolute atomic E-state index is 12.4. The number of hydrogen-bond acceptors (Lipinski definition) is 3. The Kier molecular flexibility index (Phi) is 5.35. The van der Waals surface area contributed by atoms with E-state index in [1.165, 1.54) is 0 Å². The minimum absolute atomic E-state index is 0.213. The predicted octanol–water partition coefficient (Wildman–Crippen LogP) is 2.55. The van der Waals surface area contributed by atoms with Gasteiger partial charge in [0.25, 0.3) is 0 Å². The van der Waals surface area contributed by atoms with Crippen LogP contribution in [0.15, 0.2) is 29.2 Å². The van der Waals surface area contributed by atoms with Gasteiger partial charge in [0.15, 0.2) is 9.84 Å². The summed E-state index contributed by atoms with van der Waals surface area (Å²) in [6.07, 6.45) is 0.629. The van der Waals surface area contributed by atoms with E-state index in [2.05, 4.69) is 5.32 Å². The van der Waals surface area contributed by atoms with Gasteiger partial charge in [-0.3, -0.25) is 0 Å². The molecule has 0 radical (unpaired) electrons. The van der Waals surface area contributed by atoms with Crippen LogP contribution in [-0.4, -0.2) is 26.3 Å². The average Bonchev–Trinajstić information content (AvgIpc) is 2.29. The van der Waals surface area contributed by atoms with Gasteiger partial charge in [-0.05, 0) is 51.4 Å². The Morgan fingerprint density at radius 2 is 1.94 bits per heavy atom. The second-order valence-corrected chi connectivity index (χ2v) is 7.23. The zero-order valence-corrected chi connectivity index (χ0v) is 12.4. The van der Waals surface area contributed by atoms with Crippen molar-refractivity contribution in [2.45, 2.75) is 50.3 Å². The molecule has 1 aromatic rings. The van der Waals surface area contributed by atoms with Crippen molar-refractivity contribution in [3.05, 3.63) is 29.8 Å². The van der Waals surface area contributed by atoms with E-state index < -0.39 is 9.84 Å². The molecule has 18 heavy (non-hydrogen) atoms. The van der Waals surface area contributed by atoms with E-state index in [9.17, 15) is 8.42 Å². The largest absolute Gasteiger partial charge is 0.314 e. The lowest BCUT2D eigenvalue weighted by molar-refractivity contribution is 0.509.